The van der Waals surface area contributed by atoms with Crippen molar-refractivity contribution in [1.29, 1.82) is 0 Å². The number of rotatable bonds is 2. The molecule has 1 fully saturated rings. The molecule has 1 N–H and O–H groups in total. The van der Waals surface area contributed by atoms with Crippen LogP contribution in [0.15, 0.2) is 30.3 Å². The van der Waals surface area contributed by atoms with Crippen LogP contribution in [0.3, 0.4) is 0 Å². The number of thiocarbonyl (C=S) groups is 1. The van der Waals surface area contributed by atoms with Crippen LogP contribution in [0, 0.1) is 0 Å². The summed E-state index contributed by atoms with van der Waals surface area (Å²) >= 11 is 5.44. The summed E-state index contributed by atoms with van der Waals surface area (Å²) in [5, 5.41) is 4.13. The molecule has 1 saturated heterocycles. The molecule has 1 heterocycles. The van der Waals surface area contributed by atoms with Gasteiger partial charge in [0, 0.05) is 19.6 Å². The predicted octanol–water partition coefficient (Wildman–Crippen LogP) is 2.17. The molecule has 0 spiro atoms. The van der Waals surface area contributed by atoms with Crippen molar-refractivity contribution in [2.75, 3.05) is 13.1 Å². The molecule has 18 heavy (non-hydrogen) atoms. The van der Waals surface area contributed by atoms with Gasteiger partial charge in [-0.3, -0.25) is 0 Å². The van der Waals surface area contributed by atoms with Crippen molar-refractivity contribution in [2.45, 2.75) is 32.6 Å². The molecular weight excluding hydrogens is 244 g/mol. The van der Waals surface area contributed by atoms with E-state index in [0.29, 0.717) is 0 Å². The standard InChI is InChI=1S/C14H20N2OS/c1-11-9-16(10-12(2)17-11)14(18)15-8-13-6-4-3-5-7-13/h3-7,11-12H,8-10H2,1-2H3,(H,15,18). The van der Waals surface area contributed by atoms with Gasteiger partial charge in [-0.1, -0.05) is 30.3 Å². The molecule has 0 amide bonds. The van der Waals surface area contributed by atoms with E-state index >= 15 is 0 Å². The van der Waals surface area contributed by atoms with E-state index in [0.717, 1.165) is 24.7 Å². The van der Waals surface area contributed by atoms with E-state index < -0.39 is 0 Å². The summed E-state index contributed by atoms with van der Waals surface area (Å²) in [4.78, 5) is 2.19. The highest BCUT2D eigenvalue weighted by Gasteiger charge is 2.23. The zero-order chi connectivity index (χ0) is 13.0. The quantitative estimate of drug-likeness (QED) is 0.828. The van der Waals surface area contributed by atoms with E-state index in [-0.39, 0.29) is 12.2 Å². The molecule has 1 aliphatic heterocycles. The normalized spacial score (nSPS) is 23.8. The first-order valence-corrected chi connectivity index (χ1v) is 6.78. The van der Waals surface area contributed by atoms with Crippen molar-refractivity contribution >= 4 is 17.3 Å². The molecule has 98 valence electrons. The fraction of sp³-hybridized carbons (Fsp3) is 0.500. The summed E-state index contributed by atoms with van der Waals surface area (Å²) in [7, 11) is 0. The molecule has 2 unspecified atom stereocenters. The van der Waals surface area contributed by atoms with Gasteiger partial charge in [-0.15, -0.1) is 0 Å². The largest absolute Gasteiger partial charge is 0.372 e. The SMILES string of the molecule is CC1CN(C(=S)NCc2ccccc2)CC(C)O1. The summed E-state index contributed by atoms with van der Waals surface area (Å²) < 4.78 is 5.70. The van der Waals surface area contributed by atoms with Gasteiger partial charge in [0.25, 0.3) is 0 Å². The molecule has 1 aliphatic rings. The third-order valence-electron chi connectivity index (χ3n) is 2.99. The van der Waals surface area contributed by atoms with Gasteiger partial charge >= 0.3 is 0 Å². The zero-order valence-electron chi connectivity index (χ0n) is 10.9. The van der Waals surface area contributed by atoms with E-state index in [9.17, 15) is 0 Å². The Morgan fingerprint density at radius 1 is 1.28 bits per heavy atom. The Labute approximate surface area is 114 Å². The third-order valence-corrected chi connectivity index (χ3v) is 3.40. The number of nitrogens with one attached hydrogen (secondary N) is 1. The van der Waals surface area contributed by atoms with Crippen LogP contribution in [0.25, 0.3) is 0 Å². The molecule has 1 aromatic rings. The molecule has 4 heteroatoms. The van der Waals surface area contributed by atoms with Crippen LogP contribution in [0.2, 0.25) is 0 Å². The Morgan fingerprint density at radius 3 is 2.50 bits per heavy atom. The van der Waals surface area contributed by atoms with Gasteiger partial charge in [-0.2, -0.15) is 0 Å². The summed E-state index contributed by atoms with van der Waals surface area (Å²) in [6, 6.07) is 10.3. The third kappa shape index (κ3) is 3.68. The smallest absolute Gasteiger partial charge is 0.169 e. The van der Waals surface area contributed by atoms with Crippen molar-refractivity contribution in [1.82, 2.24) is 10.2 Å². The molecular formula is C14H20N2OS. The monoisotopic (exact) mass is 264 g/mol. The second-order valence-corrected chi connectivity index (χ2v) is 5.19. The lowest BCUT2D eigenvalue weighted by Crippen LogP contribution is -2.51. The van der Waals surface area contributed by atoms with Crippen LogP contribution < -0.4 is 5.32 Å². The minimum Gasteiger partial charge on any atom is -0.372 e. The van der Waals surface area contributed by atoms with Crippen molar-refractivity contribution < 1.29 is 4.74 Å². The van der Waals surface area contributed by atoms with Crippen molar-refractivity contribution in [3.8, 4) is 0 Å². The predicted molar refractivity (Wildman–Crippen MR) is 77.5 cm³/mol. The molecule has 2 rings (SSSR count). The molecule has 2 atom stereocenters. The lowest BCUT2D eigenvalue weighted by atomic mass is 10.2. The van der Waals surface area contributed by atoms with Crippen LogP contribution in [0.1, 0.15) is 19.4 Å². The van der Waals surface area contributed by atoms with E-state index in [1.165, 1.54) is 5.56 Å². The van der Waals surface area contributed by atoms with E-state index in [4.69, 9.17) is 17.0 Å². The first-order valence-electron chi connectivity index (χ1n) is 6.37. The highest BCUT2D eigenvalue weighted by atomic mass is 32.1. The number of nitrogens with zero attached hydrogens (tertiary/aromatic N) is 1. The van der Waals surface area contributed by atoms with E-state index in [2.05, 4.69) is 36.2 Å². The van der Waals surface area contributed by atoms with Crippen molar-refractivity contribution in [3.63, 3.8) is 0 Å². The minimum absolute atomic E-state index is 0.241. The van der Waals surface area contributed by atoms with Crippen LogP contribution in [0.5, 0.6) is 0 Å². The van der Waals surface area contributed by atoms with Crippen LogP contribution in [0.4, 0.5) is 0 Å². The lowest BCUT2D eigenvalue weighted by Gasteiger charge is -2.36. The van der Waals surface area contributed by atoms with Gasteiger partial charge in [0.05, 0.1) is 12.2 Å². The van der Waals surface area contributed by atoms with Gasteiger partial charge < -0.3 is 15.0 Å². The molecule has 0 aliphatic carbocycles. The number of hydrogen-bond donors (Lipinski definition) is 1. The molecule has 0 aromatic heterocycles. The zero-order valence-corrected chi connectivity index (χ0v) is 11.7. The first-order chi connectivity index (χ1) is 8.65. The van der Waals surface area contributed by atoms with Crippen LogP contribution in [-0.2, 0) is 11.3 Å². The Hall–Kier alpha value is -1.13. The Bertz CT molecular complexity index is 386. The summed E-state index contributed by atoms with van der Waals surface area (Å²) in [5.41, 5.74) is 1.24. The average Bonchev–Trinajstić information content (AvgIpc) is 2.36. The fourth-order valence-electron chi connectivity index (χ4n) is 2.23. The average molecular weight is 264 g/mol. The summed E-state index contributed by atoms with van der Waals surface area (Å²) in [6.07, 6.45) is 0.482. The van der Waals surface area contributed by atoms with Crippen molar-refractivity contribution in [2.24, 2.45) is 0 Å². The van der Waals surface area contributed by atoms with Gasteiger partial charge in [0.2, 0.25) is 0 Å². The van der Waals surface area contributed by atoms with Crippen LogP contribution >= 0.6 is 12.2 Å². The van der Waals surface area contributed by atoms with Gasteiger partial charge in [0.15, 0.2) is 5.11 Å². The van der Waals surface area contributed by atoms with E-state index in [1.54, 1.807) is 0 Å². The van der Waals surface area contributed by atoms with Gasteiger partial charge in [-0.05, 0) is 31.6 Å². The van der Waals surface area contributed by atoms with Gasteiger partial charge in [-0.25, -0.2) is 0 Å². The molecule has 0 radical (unpaired) electrons. The first kappa shape index (κ1) is 13.3. The number of morpholine rings is 1. The highest BCUT2D eigenvalue weighted by molar-refractivity contribution is 7.80. The number of benzene rings is 1. The highest BCUT2D eigenvalue weighted by Crippen LogP contribution is 2.10. The topological polar surface area (TPSA) is 24.5 Å². The summed E-state index contributed by atoms with van der Waals surface area (Å²) in [5.74, 6) is 0. The number of hydrogen-bond acceptors (Lipinski definition) is 2. The summed E-state index contributed by atoms with van der Waals surface area (Å²) in [6.45, 7) is 6.68. The molecule has 0 bridgehead atoms. The second kappa shape index (κ2) is 6.16. The molecule has 3 nitrogen and oxygen atoms in total. The Balaban J connectivity index is 1.84. The Kier molecular flexibility index (Phi) is 4.55. The maximum Gasteiger partial charge on any atom is 0.169 e. The maximum atomic E-state index is 5.70. The minimum atomic E-state index is 0.241. The number of ether oxygens (including phenoxy) is 1. The molecule has 0 saturated carbocycles. The fourth-order valence-corrected chi connectivity index (χ4v) is 2.45. The lowest BCUT2D eigenvalue weighted by molar-refractivity contribution is -0.0482. The maximum absolute atomic E-state index is 5.70. The van der Waals surface area contributed by atoms with Gasteiger partial charge in [0.1, 0.15) is 0 Å². The van der Waals surface area contributed by atoms with E-state index in [1.807, 2.05) is 18.2 Å². The van der Waals surface area contributed by atoms with Crippen molar-refractivity contribution in [3.05, 3.63) is 35.9 Å². The molecule has 1 aromatic carbocycles. The van der Waals surface area contributed by atoms with Crippen LogP contribution in [-0.4, -0.2) is 35.3 Å². The Morgan fingerprint density at radius 2 is 1.89 bits per heavy atom. The second-order valence-electron chi connectivity index (χ2n) is 4.81.